The van der Waals surface area contributed by atoms with Gasteiger partial charge in [0.15, 0.2) is 6.61 Å². The molecule has 0 radical (unpaired) electrons. The molecule has 166 valence electrons. The van der Waals surface area contributed by atoms with Crippen LogP contribution in [0.4, 0.5) is 4.79 Å². The molecular formula is C21H25N3O7. The van der Waals surface area contributed by atoms with Crippen molar-refractivity contribution in [3.05, 3.63) is 39.7 Å². The molecule has 1 atom stereocenters. The van der Waals surface area contributed by atoms with Gasteiger partial charge in [-0.3, -0.25) is 4.79 Å². The summed E-state index contributed by atoms with van der Waals surface area (Å²) < 4.78 is 10.9. The van der Waals surface area contributed by atoms with Crippen LogP contribution in [0.2, 0.25) is 0 Å². The van der Waals surface area contributed by atoms with Crippen LogP contribution in [0.1, 0.15) is 36.8 Å². The SMILES string of the molecule is NC(=O)NCCCC(NC(=O)COc1ccc2c3c(c(=O)oc2c1)CCCC3)C(=O)O. The van der Waals surface area contributed by atoms with Crippen LogP contribution in [0.15, 0.2) is 27.4 Å². The number of carbonyl (C=O) groups is 3. The summed E-state index contributed by atoms with van der Waals surface area (Å²) in [7, 11) is 0. The zero-order valence-electron chi connectivity index (χ0n) is 16.9. The topological polar surface area (TPSA) is 161 Å². The van der Waals surface area contributed by atoms with Gasteiger partial charge in [-0.1, -0.05) is 0 Å². The molecule has 1 aliphatic carbocycles. The van der Waals surface area contributed by atoms with Gasteiger partial charge in [-0.15, -0.1) is 0 Å². The summed E-state index contributed by atoms with van der Waals surface area (Å²) in [6.07, 6.45) is 3.98. The number of ether oxygens (including phenoxy) is 1. The summed E-state index contributed by atoms with van der Waals surface area (Å²) in [5.74, 6) is -1.47. The van der Waals surface area contributed by atoms with E-state index in [9.17, 15) is 24.3 Å². The third-order valence-corrected chi connectivity index (χ3v) is 5.17. The highest BCUT2D eigenvalue weighted by Gasteiger charge is 2.21. The summed E-state index contributed by atoms with van der Waals surface area (Å²) in [4.78, 5) is 46.3. The molecule has 31 heavy (non-hydrogen) atoms. The second-order valence-corrected chi connectivity index (χ2v) is 7.39. The molecule has 1 aromatic carbocycles. The molecule has 0 spiro atoms. The minimum Gasteiger partial charge on any atom is -0.484 e. The number of nitrogens with two attached hydrogens (primary N) is 1. The van der Waals surface area contributed by atoms with Crippen LogP contribution >= 0.6 is 0 Å². The van der Waals surface area contributed by atoms with Crippen molar-refractivity contribution in [3.8, 4) is 5.75 Å². The van der Waals surface area contributed by atoms with Crippen LogP contribution < -0.4 is 26.7 Å². The Morgan fingerprint density at radius 3 is 2.65 bits per heavy atom. The van der Waals surface area contributed by atoms with E-state index >= 15 is 0 Å². The maximum atomic E-state index is 12.2. The molecule has 3 amide bonds. The van der Waals surface area contributed by atoms with E-state index in [2.05, 4.69) is 10.6 Å². The molecule has 1 aromatic heterocycles. The van der Waals surface area contributed by atoms with Crippen molar-refractivity contribution >= 4 is 28.9 Å². The van der Waals surface area contributed by atoms with E-state index in [1.54, 1.807) is 18.2 Å². The fourth-order valence-electron chi connectivity index (χ4n) is 3.68. The number of nitrogens with one attached hydrogen (secondary N) is 2. The van der Waals surface area contributed by atoms with Gasteiger partial charge in [-0.25, -0.2) is 14.4 Å². The predicted octanol–water partition coefficient (Wildman–Crippen LogP) is 1.07. The largest absolute Gasteiger partial charge is 0.484 e. The van der Waals surface area contributed by atoms with Crippen molar-refractivity contribution in [2.45, 2.75) is 44.6 Å². The van der Waals surface area contributed by atoms with Crippen molar-refractivity contribution in [1.29, 1.82) is 0 Å². The Kier molecular flexibility index (Phi) is 7.11. The normalized spacial score (nSPS) is 13.8. The smallest absolute Gasteiger partial charge is 0.339 e. The molecule has 1 aliphatic rings. The molecule has 0 saturated carbocycles. The Morgan fingerprint density at radius 2 is 1.94 bits per heavy atom. The third-order valence-electron chi connectivity index (χ3n) is 5.17. The maximum Gasteiger partial charge on any atom is 0.339 e. The van der Waals surface area contributed by atoms with Crippen LogP contribution in [0.25, 0.3) is 11.0 Å². The first-order valence-corrected chi connectivity index (χ1v) is 10.1. The van der Waals surface area contributed by atoms with Crippen LogP contribution in [0.5, 0.6) is 5.75 Å². The van der Waals surface area contributed by atoms with Crippen molar-refractivity contribution in [3.63, 3.8) is 0 Å². The molecule has 5 N–H and O–H groups in total. The summed E-state index contributed by atoms with van der Waals surface area (Å²) in [5, 5.41) is 14.8. The number of carbonyl (C=O) groups excluding carboxylic acids is 2. The van der Waals surface area contributed by atoms with Crippen molar-refractivity contribution in [2.75, 3.05) is 13.2 Å². The van der Waals surface area contributed by atoms with Crippen LogP contribution in [0, 0.1) is 0 Å². The predicted molar refractivity (Wildman–Crippen MR) is 111 cm³/mol. The van der Waals surface area contributed by atoms with E-state index in [0.29, 0.717) is 17.8 Å². The zero-order chi connectivity index (χ0) is 22.4. The van der Waals surface area contributed by atoms with E-state index in [1.165, 1.54) is 0 Å². The standard InChI is InChI=1S/C21H25N3O7/c22-21(29)23-9-3-6-16(19(26)27)24-18(25)11-30-12-7-8-14-13-4-1-2-5-15(13)20(28)31-17(14)10-12/h7-8,10,16H,1-6,9,11H2,(H,24,25)(H,26,27)(H3,22,23,29). The lowest BCUT2D eigenvalue weighted by atomic mass is 9.91. The van der Waals surface area contributed by atoms with Gasteiger partial charge in [-0.2, -0.15) is 0 Å². The molecular weight excluding hydrogens is 406 g/mol. The Labute approximate surface area is 177 Å². The number of amides is 3. The molecule has 1 heterocycles. The van der Waals surface area contributed by atoms with Gasteiger partial charge in [0.25, 0.3) is 5.91 Å². The van der Waals surface area contributed by atoms with Crippen LogP contribution in [-0.4, -0.2) is 42.2 Å². The number of urea groups is 1. The quantitative estimate of drug-likeness (QED) is 0.341. The molecule has 10 heteroatoms. The molecule has 3 rings (SSSR count). The Morgan fingerprint density at radius 1 is 1.19 bits per heavy atom. The van der Waals surface area contributed by atoms with Gasteiger partial charge in [0.05, 0.1) is 0 Å². The Balaban J connectivity index is 1.59. The first kappa shape index (κ1) is 22.1. The number of primary amides is 1. The second kappa shape index (κ2) is 9.96. The maximum absolute atomic E-state index is 12.2. The fraction of sp³-hybridized carbons (Fsp3) is 0.429. The van der Waals surface area contributed by atoms with Gasteiger partial charge in [0.1, 0.15) is 17.4 Å². The number of carboxylic acid groups (broad SMARTS) is 1. The molecule has 0 aliphatic heterocycles. The van der Waals surface area contributed by atoms with Gasteiger partial charge < -0.3 is 30.6 Å². The lowest BCUT2D eigenvalue weighted by Gasteiger charge is -2.17. The van der Waals surface area contributed by atoms with E-state index in [1.807, 2.05) is 0 Å². The van der Waals surface area contributed by atoms with Crippen LogP contribution in [0.3, 0.4) is 0 Å². The van der Waals surface area contributed by atoms with Gasteiger partial charge in [0, 0.05) is 23.6 Å². The third kappa shape index (κ3) is 5.74. The summed E-state index contributed by atoms with van der Waals surface area (Å²) in [6.45, 7) is -0.193. The zero-order valence-corrected chi connectivity index (χ0v) is 16.9. The van der Waals surface area contributed by atoms with Crippen molar-refractivity contribution < 1.29 is 28.6 Å². The van der Waals surface area contributed by atoms with Crippen LogP contribution in [-0.2, 0) is 22.4 Å². The van der Waals surface area contributed by atoms with Crippen molar-refractivity contribution in [2.24, 2.45) is 5.73 Å². The number of carboxylic acids is 1. The number of fused-ring (bicyclic) bond motifs is 3. The first-order valence-electron chi connectivity index (χ1n) is 10.1. The number of aryl methyl sites for hydroxylation is 1. The summed E-state index contributed by atoms with van der Waals surface area (Å²) >= 11 is 0. The molecule has 0 fully saturated rings. The van der Waals surface area contributed by atoms with Gasteiger partial charge >= 0.3 is 17.6 Å². The van der Waals surface area contributed by atoms with E-state index in [-0.39, 0.29) is 18.6 Å². The Bertz CT molecular complexity index is 1050. The molecule has 2 aromatic rings. The van der Waals surface area contributed by atoms with E-state index in [4.69, 9.17) is 14.9 Å². The Hall–Kier alpha value is -3.56. The average Bonchev–Trinajstić information content (AvgIpc) is 2.74. The highest BCUT2D eigenvalue weighted by Crippen LogP contribution is 2.29. The molecule has 10 nitrogen and oxygen atoms in total. The number of hydrogen-bond acceptors (Lipinski definition) is 6. The number of aliphatic carboxylic acids is 1. The van der Waals surface area contributed by atoms with Crippen molar-refractivity contribution in [1.82, 2.24) is 10.6 Å². The number of rotatable bonds is 9. The highest BCUT2D eigenvalue weighted by atomic mass is 16.5. The van der Waals surface area contributed by atoms with Gasteiger partial charge in [-0.05, 0) is 56.2 Å². The average molecular weight is 431 g/mol. The van der Waals surface area contributed by atoms with Gasteiger partial charge in [0.2, 0.25) is 0 Å². The van der Waals surface area contributed by atoms with E-state index in [0.717, 1.165) is 42.2 Å². The number of benzene rings is 1. The minimum absolute atomic E-state index is 0.119. The highest BCUT2D eigenvalue weighted by molar-refractivity contribution is 5.85. The lowest BCUT2D eigenvalue weighted by molar-refractivity contribution is -0.142. The molecule has 0 saturated heterocycles. The summed E-state index contributed by atoms with van der Waals surface area (Å²) in [6, 6.07) is 3.24. The monoisotopic (exact) mass is 431 g/mol. The first-order chi connectivity index (χ1) is 14.8. The molecule has 1 unspecified atom stereocenters. The number of hydrogen-bond donors (Lipinski definition) is 4. The summed E-state index contributed by atoms with van der Waals surface area (Å²) in [5.41, 5.74) is 6.75. The fourth-order valence-corrected chi connectivity index (χ4v) is 3.68. The van der Waals surface area contributed by atoms with E-state index < -0.39 is 30.6 Å². The second-order valence-electron chi connectivity index (χ2n) is 7.39. The lowest BCUT2D eigenvalue weighted by Crippen LogP contribution is -2.43. The minimum atomic E-state index is -1.19. The molecule has 0 bridgehead atoms.